The average molecular weight is 321 g/mol. The van der Waals surface area contributed by atoms with Gasteiger partial charge in [0.2, 0.25) is 5.91 Å². The zero-order valence-corrected chi connectivity index (χ0v) is 13.9. The molecule has 1 atom stereocenters. The lowest BCUT2D eigenvalue weighted by Gasteiger charge is -2.23. The maximum atomic E-state index is 13.4. The van der Waals surface area contributed by atoms with Crippen LogP contribution in [0.3, 0.4) is 0 Å². The lowest BCUT2D eigenvalue weighted by atomic mass is 10.1. The van der Waals surface area contributed by atoms with Crippen molar-refractivity contribution >= 4 is 17.7 Å². The number of rotatable bonds is 4. The monoisotopic (exact) mass is 321 g/mol. The lowest BCUT2D eigenvalue weighted by Crippen LogP contribution is -2.44. The van der Waals surface area contributed by atoms with Gasteiger partial charge in [0.25, 0.3) is 0 Å². The Hall–Kier alpha value is -1.82. The fourth-order valence-electron chi connectivity index (χ4n) is 1.88. The third-order valence-corrected chi connectivity index (χ3v) is 3.92. The second-order valence-corrected chi connectivity index (χ2v) is 7.37. The van der Waals surface area contributed by atoms with Crippen molar-refractivity contribution in [3.05, 3.63) is 42.5 Å². The smallest absolute Gasteiger partial charge is 0.233 e. The van der Waals surface area contributed by atoms with E-state index in [1.54, 1.807) is 29.1 Å². The Morgan fingerprint density at radius 3 is 2.77 bits per heavy atom. The Labute approximate surface area is 134 Å². The summed E-state index contributed by atoms with van der Waals surface area (Å²) in [5.41, 5.74) is 0.410. The van der Waals surface area contributed by atoms with Crippen molar-refractivity contribution in [2.45, 2.75) is 43.6 Å². The molecule has 22 heavy (non-hydrogen) atoms. The molecule has 0 spiro atoms. The molecule has 0 saturated carbocycles. The first-order valence-corrected chi connectivity index (χ1v) is 7.92. The Bertz CT molecular complexity index is 663. The van der Waals surface area contributed by atoms with Gasteiger partial charge in [0.15, 0.2) is 5.16 Å². The number of carbonyl (C=O) groups excluding carboxylic acids is 1. The van der Waals surface area contributed by atoms with E-state index >= 15 is 0 Å². The van der Waals surface area contributed by atoms with Crippen LogP contribution >= 0.6 is 11.8 Å². The highest BCUT2D eigenvalue weighted by molar-refractivity contribution is 8.00. The maximum Gasteiger partial charge on any atom is 0.233 e. The van der Waals surface area contributed by atoms with E-state index in [0.29, 0.717) is 10.8 Å². The molecule has 1 heterocycles. The second kappa shape index (κ2) is 6.52. The molecule has 0 aliphatic carbocycles. The minimum Gasteiger partial charge on any atom is -0.351 e. The van der Waals surface area contributed by atoms with Gasteiger partial charge < -0.3 is 5.32 Å². The summed E-state index contributed by atoms with van der Waals surface area (Å²) in [5.74, 6) is -0.355. The van der Waals surface area contributed by atoms with Gasteiger partial charge in [-0.25, -0.2) is 9.37 Å². The summed E-state index contributed by atoms with van der Waals surface area (Å²) in [6.07, 6.45) is 3.40. The average Bonchev–Trinajstić information content (AvgIpc) is 2.84. The first-order valence-electron chi connectivity index (χ1n) is 7.04. The van der Waals surface area contributed by atoms with Gasteiger partial charge in [0, 0.05) is 17.9 Å². The van der Waals surface area contributed by atoms with E-state index in [1.807, 2.05) is 27.7 Å². The molecule has 1 unspecified atom stereocenters. The van der Waals surface area contributed by atoms with Gasteiger partial charge in [-0.15, -0.1) is 0 Å². The lowest BCUT2D eigenvalue weighted by molar-refractivity contribution is -0.121. The molecule has 2 rings (SSSR count). The number of carbonyl (C=O) groups is 1. The molecule has 1 aromatic carbocycles. The normalized spacial score (nSPS) is 13.0. The first-order chi connectivity index (χ1) is 10.3. The number of nitrogens with zero attached hydrogens (tertiary/aromatic N) is 2. The Balaban J connectivity index is 2.15. The highest BCUT2D eigenvalue weighted by Crippen LogP contribution is 2.25. The molecule has 1 amide bonds. The molecule has 1 N–H and O–H groups in total. The fourth-order valence-corrected chi connectivity index (χ4v) is 2.77. The summed E-state index contributed by atoms with van der Waals surface area (Å²) in [5, 5.41) is 3.30. The number of imidazole rings is 1. The molecule has 6 heteroatoms. The minimum absolute atomic E-state index is 0.0497. The Morgan fingerprint density at radius 2 is 2.14 bits per heavy atom. The summed E-state index contributed by atoms with van der Waals surface area (Å²) in [7, 11) is 0. The number of amides is 1. The third kappa shape index (κ3) is 4.34. The summed E-state index contributed by atoms with van der Waals surface area (Å²) >= 11 is 1.34. The van der Waals surface area contributed by atoms with E-state index in [4.69, 9.17) is 0 Å². The Kier molecular flexibility index (Phi) is 4.90. The number of hydrogen-bond acceptors (Lipinski definition) is 3. The van der Waals surface area contributed by atoms with Crippen LogP contribution in [0.4, 0.5) is 4.39 Å². The van der Waals surface area contributed by atoms with Crippen LogP contribution in [-0.2, 0) is 4.79 Å². The molecule has 0 aliphatic rings. The second-order valence-electron chi connectivity index (χ2n) is 6.06. The van der Waals surface area contributed by atoms with Gasteiger partial charge in [0.05, 0.1) is 10.9 Å². The zero-order chi connectivity index (χ0) is 16.3. The molecule has 0 fully saturated rings. The number of hydrogen-bond donors (Lipinski definition) is 1. The van der Waals surface area contributed by atoms with Crippen molar-refractivity contribution in [1.29, 1.82) is 0 Å². The third-order valence-electron chi connectivity index (χ3n) is 2.84. The number of halogens is 1. The maximum absolute atomic E-state index is 13.4. The van der Waals surface area contributed by atoms with Gasteiger partial charge in [-0.2, -0.15) is 0 Å². The molecular formula is C16H20FN3OS. The van der Waals surface area contributed by atoms with E-state index in [9.17, 15) is 9.18 Å². The fraction of sp³-hybridized carbons (Fsp3) is 0.375. The van der Waals surface area contributed by atoms with Crippen molar-refractivity contribution in [3.8, 4) is 5.69 Å². The molecule has 118 valence electrons. The number of aromatic nitrogens is 2. The van der Waals surface area contributed by atoms with Crippen LogP contribution in [0.1, 0.15) is 27.7 Å². The molecule has 4 nitrogen and oxygen atoms in total. The number of thioether (sulfide) groups is 1. The summed E-state index contributed by atoms with van der Waals surface area (Å²) in [4.78, 5) is 16.4. The van der Waals surface area contributed by atoms with E-state index in [1.165, 1.54) is 23.9 Å². The molecule has 0 radical (unpaired) electrons. The van der Waals surface area contributed by atoms with Crippen LogP contribution < -0.4 is 5.32 Å². The van der Waals surface area contributed by atoms with E-state index in [2.05, 4.69) is 10.3 Å². The predicted octanol–water partition coefficient (Wildman–Crippen LogP) is 3.41. The summed E-state index contributed by atoms with van der Waals surface area (Å²) < 4.78 is 15.1. The van der Waals surface area contributed by atoms with Crippen molar-refractivity contribution < 1.29 is 9.18 Å². The molecule has 0 saturated heterocycles. The van der Waals surface area contributed by atoms with Gasteiger partial charge in [-0.1, -0.05) is 17.8 Å². The van der Waals surface area contributed by atoms with E-state index in [0.717, 1.165) is 0 Å². The van der Waals surface area contributed by atoms with Crippen LogP contribution in [-0.4, -0.2) is 26.2 Å². The predicted molar refractivity (Wildman–Crippen MR) is 86.7 cm³/mol. The summed E-state index contributed by atoms with van der Waals surface area (Å²) in [6.45, 7) is 7.65. The van der Waals surface area contributed by atoms with Gasteiger partial charge in [0.1, 0.15) is 5.82 Å². The van der Waals surface area contributed by atoms with Crippen molar-refractivity contribution in [1.82, 2.24) is 14.9 Å². The molecular weight excluding hydrogens is 301 g/mol. The van der Waals surface area contributed by atoms with E-state index < -0.39 is 0 Å². The van der Waals surface area contributed by atoms with Crippen molar-refractivity contribution in [2.24, 2.45) is 0 Å². The van der Waals surface area contributed by atoms with Gasteiger partial charge in [-0.3, -0.25) is 9.36 Å². The molecule has 1 aromatic heterocycles. The standard InChI is InChI=1S/C16H20FN3OS/c1-11(14(21)19-16(2,3)4)22-15-18-8-9-20(15)13-7-5-6-12(17)10-13/h5-11H,1-4H3,(H,19,21). The topological polar surface area (TPSA) is 46.9 Å². The summed E-state index contributed by atoms with van der Waals surface area (Å²) in [6, 6.07) is 6.28. The van der Waals surface area contributed by atoms with Crippen molar-refractivity contribution in [3.63, 3.8) is 0 Å². The molecule has 0 aliphatic heterocycles. The number of benzene rings is 1. The molecule has 0 bridgehead atoms. The van der Waals surface area contributed by atoms with Crippen LogP contribution in [0, 0.1) is 5.82 Å². The quantitative estimate of drug-likeness (QED) is 0.878. The largest absolute Gasteiger partial charge is 0.351 e. The number of nitrogens with one attached hydrogen (secondary N) is 1. The van der Waals surface area contributed by atoms with E-state index in [-0.39, 0.29) is 22.5 Å². The van der Waals surface area contributed by atoms with Gasteiger partial charge >= 0.3 is 0 Å². The van der Waals surface area contributed by atoms with Crippen LogP contribution in [0.5, 0.6) is 0 Å². The van der Waals surface area contributed by atoms with Crippen LogP contribution in [0.15, 0.2) is 41.8 Å². The SMILES string of the molecule is CC(Sc1nccn1-c1cccc(F)c1)C(=O)NC(C)(C)C. The highest BCUT2D eigenvalue weighted by Gasteiger charge is 2.21. The highest BCUT2D eigenvalue weighted by atomic mass is 32.2. The molecule has 2 aromatic rings. The van der Waals surface area contributed by atoms with Crippen LogP contribution in [0.25, 0.3) is 5.69 Å². The van der Waals surface area contributed by atoms with Gasteiger partial charge in [-0.05, 0) is 45.9 Å². The van der Waals surface area contributed by atoms with Crippen LogP contribution in [0.2, 0.25) is 0 Å². The zero-order valence-electron chi connectivity index (χ0n) is 13.1. The minimum atomic E-state index is -0.305. The first kappa shape index (κ1) is 16.5. The Morgan fingerprint density at radius 1 is 1.41 bits per heavy atom. The van der Waals surface area contributed by atoms with Crippen molar-refractivity contribution in [2.75, 3.05) is 0 Å².